The molecular formula is C15H14BrClFN. The molecule has 100 valence electrons. The number of alkyl halides is 1. The van der Waals surface area contributed by atoms with Crippen LogP contribution in [0.3, 0.4) is 0 Å². The van der Waals surface area contributed by atoms with E-state index in [1.807, 2.05) is 42.3 Å². The third-order valence-corrected chi connectivity index (χ3v) is 3.78. The minimum absolute atomic E-state index is 0.183. The van der Waals surface area contributed by atoms with Crippen molar-refractivity contribution in [3.63, 3.8) is 0 Å². The van der Waals surface area contributed by atoms with Crippen molar-refractivity contribution in [3.8, 4) is 0 Å². The molecule has 0 saturated heterocycles. The quantitative estimate of drug-likeness (QED) is 0.706. The smallest absolute Gasteiger partial charge is 0.129 e. The number of nitrogens with zero attached hydrogens (tertiary/aromatic N) is 1. The van der Waals surface area contributed by atoms with Crippen LogP contribution in [0.2, 0.25) is 5.02 Å². The number of hydrogen-bond donors (Lipinski definition) is 0. The van der Waals surface area contributed by atoms with Crippen molar-refractivity contribution in [3.05, 3.63) is 64.4 Å². The summed E-state index contributed by atoms with van der Waals surface area (Å²) in [5.74, 6) is -0.183. The Morgan fingerprint density at radius 1 is 1.16 bits per heavy atom. The Kier molecular flexibility index (Phi) is 4.83. The molecule has 0 aliphatic heterocycles. The minimum Gasteiger partial charge on any atom is -0.370 e. The molecule has 0 unspecified atom stereocenters. The summed E-state index contributed by atoms with van der Waals surface area (Å²) >= 11 is 9.20. The van der Waals surface area contributed by atoms with Crippen molar-refractivity contribution in [2.24, 2.45) is 0 Å². The molecule has 19 heavy (non-hydrogen) atoms. The highest BCUT2D eigenvalue weighted by Crippen LogP contribution is 2.26. The van der Waals surface area contributed by atoms with E-state index < -0.39 is 0 Å². The van der Waals surface area contributed by atoms with Crippen LogP contribution in [0.4, 0.5) is 10.1 Å². The molecule has 2 aromatic carbocycles. The first-order chi connectivity index (χ1) is 9.11. The number of anilines is 1. The zero-order chi connectivity index (χ0) is 13.8. The van der Waals surface area contributed by atoms with E-state index >= 15 is 0 Å². The topological polar surface area (TPSA) is 3.24 Å². The van der Waals surface area contributed by atoms with E-state index in [4.69, 9.17) is 11.6 Å². The van der Waals surface area contributed by atoms with Crippen molar-refractivity contribution >= 4 is 33.2 Å². The lowest BCUT2D eigenvalue weighted by Crippen LogP contribution is -2.18. The van der Waals surface area contributed by atoms with Crippen LogP contribution in [0.1, 0.15) is 11.1 Å². The van der Waals surface area contributed by atoms with E-state index in [2.05, 4.69) is 15.9 Å². The molecule has 0 heterocycles. The summed E-state index contributed by atoms with van der Waals surface area (Å²) in [4.78, 5) is 2.03. The molecule has 0 amide bonds. The van der Waals surface area contributed by atoms with Crippen molar-refractivity contribution in [1.82, 2.24) is 0 Å². The number of halogens is 3. The Balaban J connectivity index is 2.22. The fourth-order valence-corrected chi connectivity index (χ4v) is 2.67. The second kappa shape index (κ2) is 6.40. The molecular weight excluding hydrogens is 329 g/mol. The number of benzene rings is 2. The van der Waals surface area contributed by atoms with Gasteiger partial charge in [-0.2, -0.15) is 0 Å². The van der Waals surface area contributed by atoms with Gasteiger partial charge < -0.3 is 4.90 Å². The van der Waals surface area contributed by atoms with Crippen molar-refractivity contribution in [1.29, 1.82) is 0 Å². The van der Waals surface area contributed by atoms with E-state index in [0.29, 0.717) is 17.4 Å². The molecule has 0 aromatic heterocycles. The Labute approximate surface area is 126 Å². The average Bonchev–Trinajstić information content (AvgIpc) is 2.41. The summed E-state index contributed by atoms with van der Waals surface area (Å²) in [6.07, 6.45) is 0. The molecule has 2 aromatic rings. The van der Waals surface area contributed by atoms with Crippen LogP contribution in [-0.2, 0) is 11.9 Å². The summed E-state index contributed by atoms with van der Waals surface area (Å²) < 4.78 is 13.7. The zero-order valence-corrected chi connectivity index (χ0v) is 12.9. The highest BCUT2D eigenvalue weighted by Gasteiger charge is 2.11. The van der Waals surface area contributed by atoms with Crippen LogP contribution >= 0.6 is 27.5 Å². The molecule has 4 heteroatoms. The molecule has 0 aliphatic carbocycles. The van der Waals surface area contributed by atoms with Gasteiger partial charge in [0.25, 0.3) is 0 Å². The van der Waals surface area contributed by atoms with Gasteiger partial charge in [-0.3, -0.25) is 0 Å². The van der Waals surface area contributed by atoms with E-state index in [0.717, 1.165) is 16.3 Å². The summed E-state index contributed by atoms with van der Waals surface area (Å²) in [6, 6.07) is 12.8. The Morgan fingerprint density at radius 3 is 2.47 bits per heavy atom. The van der Waals surface area contributed by atoms with Crippen LogP contribution in [0.15, 0.2) is 42.5 Å². The first kappa shape index (κ1) is 14.4. The third-order valence-electron chi connectivity index (χ3n) is 2.97. The van der Waals surface area contributed by atoms with Gasteiger partial charge in [0.2, 0.25) is 0 Å². The van der Waals surface area contributed by atoms with Gasteiger partial charge in [-0.1, -0.05) is 45.7 Å². The maximum absolute atomic E-state index is 13.7. The Bertz CT molecular complexity index is 557. The first-order valence-corrected chi connectivity index (χ1v) is 7.40. The molecule has 0 atom stereocenters. The summed E-state index contributed by atoms with van der Waals surface area (Å²) in [5, 5.41) is 1.22. The monoisotopic (exact) mass is 341 g/mol. The molecule has 0 fully saturated rings. The Morgan fingerprint density at radius 2 is 1.84 bits per heavy atom. The van der Waals surface area contributed by atoms with Crippen LogP contribution < -0.4 is 4.90 Å². The minimum atomic E-state index is -0.183. The van der Waals surface area contributed by atoms with Crippen LogP contribution in [0.5, 0.6) is 0 Å². The van der Waals surface area contributed by atoms with Crippen LogP contribution in [0, 0.1) is 5.82 Å². The van der Waals surface area contributed by atoms with Gasteiger partial charge in [-0.15, -0.1) is 0 Å². The lowest BCUT2D eigenvalue weighted by molar-refractivity contribution is 0.616. The van der Waals surface area contributed by atoms with E-state index in [9.17, 15) is 4.39 Å². The van der Waals surface area contributed by atoms with Crippen LogP contribution in [0.25, 0.3) is 0 Å². The molecule has 0 saturated carbocycles. The summed E-state index contributed by atoms with van der Waals surface area (Å²) in [5.41, 5.74) is 2.71. The summed E-state index contributed by atoms with van der Waals surface area (Å²) in [6.45, 7) is 0.709. The predicted octanol–water partition coefficient (Wildman–Crippen LogP) is 5.01. The van der Waals surface area contributed by atoms with Gasteiger partial charge in [0.1, 0.15) is 5.82 Å². The largest absolute Gasteiger partial charge is 0.370 e. The molecule has 0 bridgehead atoms. The van der Waals surface area contributed by atoms with Crippen molar-refractivity contribution in [2.75, 3.05) is 11.9 Å². The molecule has 0 radical (unpaired) electrons. The molecule has 1 nitrogen and oxygen atoms in total. The maximum atomic E-state index is 13.7. The van der Waals surface area contributed by atoms with Gasteiger partial charge in [0, 0.05) is 35.2 Å². The predicted molar refractivity (Wildman–Crippen MR) is 82.6 cm³/mol. The second-order valence-electron chi connectivity index (χ2n) is 4.35. The van der Waals surface area contributed by atoms with Crippen molar-refractivity contribution in [2.45, 2.75) is 11.9 Å². The molecule has 2 rings (SSSR count). The standard InChI is InChI=1S/C15H14BrClFN/c1-19(10-11-5-7-12(17)8-6-11)15-4-2-3-14(18)13(15)9-16/h2-8H,9-10H2,1H3. The molecule has 0 aliphatic rings. The van der Waals surface area contributed by atoms with Crippen LogP contribution in [-0.4, -0.2) is 7.05 Å². The first-order valence-electron chi connectivity index (χ1n) is 5.90. The Hall–Kier alpha value is -1.06. The maximum Gasteiger partial charge on any atom is 0.129 e. The third kappa shape index (κ3) is 3.48. The highest BCUT2D eigenvalue weighted by atomic mass is 79.9. The fraction of sp³-hybridized carbons (Fsp3) is 0.200. The fourth-order valence-electron chi connectivity index (χ4n) is 1.99. The van der Waals surface area contributed by atoms with Crippen molar-refractivity contribution < 1.29 is 4.39 Å². The van der Waals surface area contributed by atoms with Gasteiger partial charge in [0.15, 0.2) is 0 Å². The summed E-state index contributed by atoms with van der Waals surface area (Å²) in [7, 11) is 1.95. The highest BCUT2D eigenvalue weighted by molar-refractivity contribution is 9.08. The lowest BCUT2D eigenvalue weighted by atomic mass is 10.1. The van der Waals surface area contributed by atoms with Gasteiger partial charge in [0.05, 0.1) is 0 Å². The van der Waals surface area contributed by atoms with Gasteiger partial charge in [-0.25, -0.2) is 4.39 Å². The SMILES string of the molecule is CN(Cc1ccc(Cl)cc1)c1cccc(F)c1CBr. The number of rotatable bonds is 4. The van der Waals surface area contributed by atoms with E-state index in [-0.39, 0.29) is 5.82 Å². The van der Waals surface area contributed by atoms with Gasteiger partial charge in [-0.05, 0) is 29.8 Å². The lowest BCUT2D eigenvalue weighted by Gasteiger charge is -2.22. The molecule has 0 spiro atoms. The zero-order valence-electron chi connectivity index (χ0n) is 10.5. The van der Waals surface area contributed by atoms with E-state index in [1.165, 1.54) is 6.07 Å². The molecule has 0 N–H and O–H groups in total. The van der Waals surface area contributed by atoms with Gasteiger partial charge >= 0.3 is 0 Å². The number of hydrogen-bond acceptors (Lipinski definition) is 1. The van der Waals surface area contributed by atoms with E-state index in [1.54, 1.807) is 6.07 Å². The second-order valence-corrected chi connectivity index (χ2v) is 5.35. The average molecular weight is 343 g/mol. The normalized spacial score (nSPS) is 10.5.